The van der Waals surface area contributed by atoms with Gasteiger partial charge in [-0.3, -0.25) is 4.79 Å². The third-order valence-corrected chi connectivity index (χ3v) is 2.54. The van der Waals surface area contributed by atoms with E-state index in [2.05, 4.69) is 10.1 Å². The van der Waals surface area contributed by atoms with E-state index >= 15 is 0 Å². The van der Waals surface area contributed by atoms with Gasteiger partial charge >= 0.3 is 5.97 Å². The quantitative estimate of drug-likeness (QED) is 0.458. The third-order valence-electron chi connectivity index (χ3n) is 2.54. The van der Waals surface area contributed by atoms with E-state index < -0.39 is 11.9 Å². The van der Waals surface area contributed by atoms with Crippen molar-refractivity contribution >= 4 is 17.0 Å². The van der Waals surface area contributed by atoms with E-state index in [0.717, 1.165) is 0 Å². The van der Waals surface area contributed by atoms with Crippen LogP contribution in [-0.2, 0) is 9.53 Å². The van der Waals surface area contributed by atoms with Crippen LogP contribution in [0.5, 0.6) is 0 Å². The van der Waals surface area contributed by atoms with Gasteiger partial charge in [0, 0.05) is 11.2 Å². The van der Waals surface area contributed by atoms with Crippen molar-refractivity contribution < 1.29 is 14.4 Å². The van der Waals surface area contributed by atoms with Crippen molar-refractivity contribution in [1.82, 2.24) is 10.1 Å². The molecule has 0 bridgehead atoms. The molecule has 2 rings (SSSR count). The van der Waals surface area contributed by atoms with Crippen LogP contribution in [0.25, 0.3) is 11.0 Å². The summed E-state index contributed by atoms with van der Waals surface area (Å²) in [6, 6.07) is 6.83. The Morgan fingerprint density at radius 2 is 2.22 bits per heavy atom. The molecule has 0 saturated heterocycles. The molecule has 0 amide bonds. The number of esters is 1. The maximum Gasteiger partial charge on any atom is 0.316 e. The van der Waals surface area contributed by atoms with E-state index in [1.807, 2.05) is 0 Å². The van der Waals surface area contributed by atoms with Gasteiger partial charge in [-0.25, -0.2) is 4.98 Å². The predicted molar refractivity (Wildman–Crippen MR) is 63.5 cm³/mol. The molecule has 0 fully saturated rings. The molecular weight excluding hydrogens is 234 g/mol. The first-order valence-electron chi connectivity index (χ1n) is 5.66. The number of nitrogens with zero attached hydrogens (tertiary/aromatic N) is 3. The first-order chi connectivity index (χ1) is 8.63. The summed E-state index contributed by atoms with van der Waals surface area (Å²) in [6.45, 7) is 3.62. The van der Waals surface area contributed by atoms with Crippen molar-refractivity contribution in [3.63, 3.8) is 0 Å². The molecule has 0 spiro atoms. The Morgan fingerprint density at radius 3 is 2.94 bits per heavy atom. The largest absolute Gasteiger partial charge is 0.594 e. The summed E-state index contributed by atoms with van der Waals surface area (Å²) in [7, 11) is 0. The highest BCUT2D eigenvalue weighted by molar-refractivity contribution is 5.77. The number of benzene rings is 1. The van der Waals surface area contributed by atoms with Crippen LogP contribution in [0, 0.1) is 5.21 Å². The van der Waals surface area contributed by atoms with Crippen molar-refractivity contribution in [1.29, 1.82) is 0 Å². The van der Waals surface area contributed by atoms with E-state index in [0.29, 0.717) is 15.9 Å². The molecule has 0 aliphatic rings. The Labute approximate surface area is 104 Å². The summed E-state index contributed by atoms with van der Waals surface area (Å²) in [5.74, 6) is -0.926. The molecule has 0 aliphatic heterocycles. The SMILES string of the molecule is CCOC(=O)C(C)c1nc2ccccc2[n+]([O-])n1. The molecule has 1 atom stereocenters. The summed E-state index contributed by atoms with van der Waals surface area (Å²) in [5, 5.41) is 15.5. The molecule has 1 heterocycles. The maximum atomic E-state index is 11.7. The summed E-state index contributed by atoms with van der Waals surface area (Å²) in [6.07, 6.45) is 0. The van der Waals surface area contributed by atoms with Crippen LogP contribution in [0.3, 0.4) is 0 Å². The lowest BCUT2D eigenvalue weighted by Gasteiger charge is -2.08. The smallest absolute Gasteiger partial charge is 0.316 e. The zero-order chi connectivity index (χ0) is 13.1. The van der Waals surface area contributed by atoms with Crippen molar-refractivity contribution in [2.45, 2.75) is 19.8 Å². The number of rotatable bonds is 3. The Bertz CT molecular complexity index is 586. The van der Waals surface area contributed by atoms with Gasteiger partial charge in [0.2, 0.25) is 5.82 Å². The van der Waals surface area contributed by atoms with Gasteiger partial charge < -0.3 is 9.94 Å². The number of para-hydroxylation sites is 2. The standard InChI is InChI=1S/C12H13N3O3/c1-3-18-12(16)8(2)11-13-9-6-4-5-7-10(9)15(17)14-11/h4-8H,3H2,1-2H3. The number of carbonyl (C=O) groups excluding carboxylic acids is 1. The Balaban J connectivity index is 2.43. The minimum Gasteiger partial charge on any atom is -0.594 e. The first kappa shape index (κ1) is 12.2. The van der Waals surface area contributed by atoms with E-state index in [4.69, 9.17) is 4.74 Å². The number of carbonyl (C=O) groups is 1. The second-order valence-electron chi connectivity index (χ2n) is 3.81. The fourth-order valence-corrected chi connectivity index (χ4v) is 1.57. The normalized spacial score (nSPS) is 12.3. The van der Waals surface area contributed by atoms with Gasteiger partial charge in [-0.1, -0.05) is 12.1 Å². The molecule has 1 unspecified atom stereocenters. The van der Waals surface area contributed by atoms with Gasteiger partial charge in [0.15, 0.2) is 0 Å². The van der Waals surface area contributed by atoms with Crippen LogP contribution in [0.15, 0.2) is 24.3 Å². The summed E-state index contributed by atoms with van der Waals surface area (Å²) in [5.41, 5.74) is 0.881. The van der Waals surface area contributed by atoms with Gasteiger partial charge in [0.1, 0.15) is 11.4 Å². The Hall–Kier alpha value is -2.24. The highest BCUT2D eigenvalue weighted by Crippen LogP contribution is 2.13. The van der Waals surface area contributed by atoms with Crippen molar-refractivity contribution in [3.8, 4) is 0 Å². The average molecular weight is 247 g/mol. The lowest BCUT2D eigenvalue weighted by molar-refractivity contribution is -0.644. The zero-order valence-corrected chi connectivity index (χ0v) is 10.2. The van der Waals surface area contributed by atoms with E-state index in [9.17, 15) is 10.0 Å². The van der Waals surface area contributed by atoms with Crippen LogP contribution in [0.2, 0.25) is 0 Å². The number of fused-ring (bicyclic) bond motifs is 1. The van der Waals surface area contributed by atoms with Crippen molar-refractivity contribution in [2.75, 3.05) is 6.61 Å². The van der Waals surface area contributed by atoms with Crippen LogP contribution in [-0.4, -0.2) is 22.7 Å². The van der Waals surface area contributed by atoms with Gasteiger partial charge in [-0.15, -0.1) is 0 Å². The summed E-state index contributed by atoms with van der Waals surface area (Å²) < 4.78 is 4.88. The molecule has 6 nitrogen and oxygen atoms in total. The Morgan fingerprint density at radius 1 is 1.50 bits per heavy atom. The lowest BCUT2D eigenvalue weighted by Crippen LogP contribution is -2.35. The van der Waals surface area contributed by atoms with Crippen LogP contribution in [0.4, 0.5) is 0 Å². The topological polar surface area (TPSA) is 79.0 Å². The van der Waals surface area contributed by atoms with Crippen molar-refractivity contribution in [3.05, 3.63) is 35.3 Å². The Kier molecular flexibility index (Phi) is 3.36. The highest BCUT2D eigenvalue weighted by Gasteiger charge is 2.23. The molecule has 18 heavy (non-hydrogen) atoms. The summed E-state index contributed by atoms with van der Waals surface area (Å²) in [4.78, 5) is 16.3. The fourth-order valence-electron chi connectivity index (χ4n) is 1.57. The summed E-state index contributed by atoms with van der Waals surface area (Å²) >= 11 is 0. The maximum absolute atomic E-state index is 11.7. The molecular formula is C12H13N3O3. The molecule has 94 valence electrons. The van der Waals surface area contributed by atoms with Crippen LogP contribution in [0.1, 0.15) is 25.6 Å². The molecule has 6 heteroatoms. The lowest BCUT2D eigenvalue weighted by atomic mass is 10.1. The van der Waals surface area contributed by atoms with Gasteiger partial charge in [-0.2, -0.15) is 0 Å². The molecule has 0 N–H and O–H groups in total. The minimum atomic E-state index is -0.658. The van der Waals surface area contributed by atoms with E-state index in [-0.39, 0.29) is 12.4 Å². The average Bonchev–Trinajstić information content (AvgIpc) is 2.38. The zero-order valence-electron chi connectivity index (χ0n) is 10.2. The molecule has 2 aromatic rings. The first-order valence-corrected chi connectivity index (χ1v) is 5.66. The van der Waals surface area contributed by atoms with Gasteiger partial charge in [0.25, 0.3) is 5.52 Å². The van der Waals surface area contributed by atoms with Gasteiger partial charge in [0.05, 0.1) is 6.61 Å². The predicted octanol–water partition coefficient (Wildman–Crippen LogP) is 0.930. The van der Waals surface area contributed by atoms with Gasteiger partial charge in [-0.05, 0) is 24.8 Å². The van der Waals surface area contributed by atoms with E-state index in [1.165, 1.54) is 0 Å². The molecule has 1 aromatic heterocycles. The molecule has 0 aliphatic carbocycles. The second-order valence-corrected chi connectivity index (χ2v) is 3.81. The fraction of sp³-hybridized carbons (Fsp3) is 0.333. The van der Waals surface area contributed by atoms with Crippen LogP contribution >= 0.6 is 0 Å². The number of hydrogen-bond donors (Lipinski definition) is 0. The van der Waals surface area contributed by atoms with Crippen molar-refractivity contribution in [2.24, 2.45) is 0 Å². The minimum absolute atomic E-state index is 0.169. The monoisotopic (exact) mass is 247 g/mol. The number of aromatic nitrogens is 3. The number of hydrogen-bond acceptors (Lipinski definition) is 5. The molecule has 1 aromatic carbocycles. The number of ether oxygens (including phenoxy) is 1. The molecule has 0 saturated carbocycles. The second kappa shape index (κ2) is 4.95. The third kappa shape index (κ3) is 2.22. The van der Waals surface area contributed by atoms with Crippen LogP contribution < -0.4 is 4.85 Å². The highest BCUT2D eigenvalue weighted by atomic mass is 16.5. The molecule has 0 radical (unpaired) electrons. The van der Waals surface area contributed by atoms with E-state index in [1.54, 1.807) is 38.1 Å².